The van der Waals surface area contributed by atoms with Crippen LogP contribution in [-0.4, -0.2) is 17.6 Å². The van der Waals surface area contributed by atoms with Gasteiger partial charge in [-0.1, -0.05) is 41.4 Å². The molecule has 2 aromatic carbocycles. The molecule has 21 heavy (non-hydrogen) atoms. The molecule has 0 unspecified atom stereocenters. The van der Waals surface area contributed by atoms with Crippen LogP contribution in [0.1, 0.15) is 17.5 Å². The SMILES string of the molecule is Cc1ccc(CN(CCC(=O)O)c2ccc(Cl)cc2)cc1. The van der Waals surface area contributed by atoms with Crippen LogP contribution in [0.15, 0.2) is 48.5 Å². The monoisotopic (exact) mass is 303 g/mol. The van der Waals surface area contributed by atoms with Crippen molar-refractivity contribution in [2.45, 2.75) is 19.9 Å². The van der Waals surface area contributed by atoms with E-state index in [-0.39, 0.29) is 6.42 Å². The minimum Gasteiger partial charge on any atom is -0.481 e. The Bertz CT molecular complexity index is 593. The normalized spacial score (nSPS) is 10.4. The van der Waals surface area contributed by atoms with Gasteiger partial charge >= 0.3 is 5.97 Å². The van der Waals surface area contributed by atoms with Gasteiger partial charge in [-0.05, 0) is 36.8 Å². The average Bonchev–Trinajstić information content (AvgIpc) is 2.46. The first-order valence-electron chi connectivity index (χ1n) is 6.82. The number of nitrogens with zero attached hydrogens (tertiary/aromatic N) is 1. The second kappa shape index (κ2) is 7.14. The van der Waals surface area contributed by atoms with Gasteiger partial charge in [-0.25, -0.2) is 0 Å². The number of benzene rings is 2. The molecule has 0 aliphatic rings. The van der Waals surface area contributed by atoms with Crippen molar-refractivity contribution >= 4 is 23.3 Å². The highest BCUT2D eigenvalue weighted by Gasteiger charge is 2.09. The molecule has 0 saturated carbocycles. The summed E-state index contributed by atoms with van der Waals surface area (Å²) in [5, 5.41) is 9.58. The van der Waals surface area contributed by atoms with Gasteiger partial charge in [0.25, 0.3) is 0 Å². The van der Waals surface area contributed by atoms with E-state index in [1.807, 2.05) is 31.2 Å². The maximum atomic E-state index is 10.8. The van der Waals surface area contributed by atoms with Crippen molar-refractivity contribution in [2.75, 3.05) is 11.4 Å². The molecule has 0 bridgehead atoms. The van der Waals surface area contributed by atoms with Crippen LogP contribution in [0, 0.1) is 6.92 Å². The summed E-state index contributed by atoms with van der Waals surface area (Å²) < 4.78 is 0. The van der Waals surface area contributed by atoms with Crippen molar-refractivity contribution in [2.24, 2.45) is 0 Å². The predicted molar refractivity (Wildman–Crippen MR) is 85.9 cm³/mol. The lowest BCUT2D eigenvalue weighted by Crippen LogP contribution is -2.25. The maximum Gasteiger partial charge on any atom is 0.305 e. The Balaban J connectivity index is 2.16. The number of hydrogen-bond donors (Lipinski definition) is 1. The van der Waals surface area contributed by atoms with E-state index >= 15 is 0 Å². The van der Waals surface area contributed by atoms with Crippen LogP contribution in [0.5, 0.6) is 0 Å². The summed E-state index contributed by atoms with van der Waals surface area (Å²) in [6.07, 6.45) is 0.106. The van der Waals surface area contributed by atoms with E-state index < -0.39 is 5.97 Å². The third-order valence-electron chi connectivity index (χ3n) is 3.28. The molecule has 4 heteroatoms. The van der Waals surface area contributed by atoms with Gasteiger partial charge in [0.05, 0.1) is 6.42 Å². The summed E-state index contributed by atoms with van der Waals surface area (Å²) >= 11 is 5.91. The third-order valence-corrected chi connectivity index (χ3v) is 3.53. The van der Waals surface area contributed by atoms with Crippen LogP contribution in [0.3, 0.4) is 0 Å². The fraction of sp³-hybridized carbons (Fsp3) is 0.235. The molecule has 0 amide bonds. The fourth-order valence-corrected chi connectivity index (χ4v) is 2.22. The lowest BCUT2D eigenvalue weighted by atomic mass is 10.1. The summed E-state index contributed by atoms with van der Waals surface area (Å²) in [4.78, 5) is 12.9. The minimum atomic E-state index is -0.794. The number of hydrogen-bond acceptors (Lipinski definition) is 2. The van der Waals surface area contributed by atoms with E-state index in [0.717, 1.165) is 11.3 Å². The first-order valence-corrected chi connectivity index (χ1v) is 7.20. The lowest BCUT2D eigenvalue weighted by molar-refractivity contribution is -0.136. The van der Waals surface area contributed by atoms with E-state index in [9.17, 15) is 4.79 Å². The van der Waals surface area contributed by atoms with Crippen LogP contribution in [0.4, 0.5) is 5.69 Å². The van der Waals surface area contributed by atoms with Gasteiger partial charge in [0.1, 0.15) is 0 Å². The Labute approximate surface area is 129 Å². The van der Waals surface area contributed by atoms with Crippen LogP contribution in [0.2, 0.25) is 5.02 Å². The highest BCUT2D eigenvalue weighted by Crippen LogP contribution is 2.20. The van der Waals surface area contributed by atoms with Gasteiger partial charge in [0.15, 0.2) is 0 Å². The Morgan fingerprint density at radius 2 is 1.71 bits per heavy atom. The van der Waals surface area contributed by atoms with Crippen molar-refractivity contribution in [3.05, 3.63) is 64.7 Å². The molecule has 110 valence electrons. The van der Waals surface area contributed by atoms with Gasteiger partial charge in [0, 0.05) is 23.8 Å². The summed E-state index contributed by atoms with van der Waals surface area (Å²) in [5.74, 6) is -0.794. The van der Waals surface area contributed by atoms with Gasteiger partial charge in [0.2, 0.25) is 0 Å². The number of anilines is 1. The van der Waals surface area contributed by atoms with Crippen LogP contribution >= 0.6 is 11.6 Å². The standard InChI is InChI=1S/C17H18ClNO2/c1-13-2-4-14(5-3-13)12-19(11-10-17(20)21)16-8-6-15(18)7-9-16/h2-9H,10-12H2,1H3,(H,20,21). The molecule has 2 aromatic rings. The summed E-state index contributed by atoms with van der Waals surface area (Å²) in [7, 11) is 0. The van der Waals surface area contributed by atoms with Crippen molar-refractivity contribution in [1.82, 2.24) is 0 Å². The van der Waals surface area contributed by atoms with Crippen LogP contribution < -0.4 is 4.90 Å². The van der Waals surface area contributed by atoms with Crippen molar-refractivity contribution in [1.29, 1.82) is 0 Å². The van der Waals surface area contributed by atoms with Crippen molar-refractivity contribution < 1.29 is 9.90 Å². The van der Waals surface area contributed by atoms with E-state index in [1.165, 1.54) is 5.56 Å². The fourth-order valence-electron chi connectivity index (χ4n) is 2.10. The molecule has 0 heterocycles. The molecule has 1 N–H and O–H groups in total. The molecule has 2 rings (SSSR count). The van der Waals surface area contributed by atoms with Gasteiger partial charge in [-0.2, -0.15) is 0 Å². The van der Waals surface area contributed by atoms with Crippen molar-refractivity contribution in [3.8, 4) is 0 Å². The number of carbonyl (C=O) groups is 1. The molecular formula is C17H18ClNO2. The predicted octanol–water partition coefficient (Wildman–Crippen LogP) is 4.13. The first kappa shape index (κ1) is 15.4. The number of rotatable bonds is 6. The quantitative estimate of drug-likeness (QED) is 0.872. The van der Waals surface area contributed by atoms with Gasteiger partial charge in [-0.3, -0.25) is 4.79 Å². The van der Waals surface area contributed by atoms with E-state index in [4.69, 9.17) is 16.7 Å². The second-order valence-corrected chi connectivity index (χ2v) is 5.46. The smallest absolute Gasteiger partial charge is 0.305 e. The average molecular weight is 304 g/mol. The van der Waals surface area contributed by atoms with E-state index in [1.54, 1.807) is 0 Å². The molecule has 3 nitrogen and oxygen atoms in total. The minimum absolute atomic E-state index is 0.106. The molecule has 0 spiro atoms. The largest absolute Gasteiger partial charge is 0.481 e. The number of carboxylic acids is 1. The highest BCUT2D eigenvalue weighted by molar-refractivity contribution is 6.30. The zero-order chi connectivity index (χ0) is 15.2. The molecule has 0 atom stereocenters. The molecule has 0 saturated heterocycles. The van der Waals surface area contributed by atoms with Crippen LogP contribution in [0.25, 0.3) is 0 Å². The van der Waals surface area contributed by atoms with Crippen LogP contribution in [-0.2, 0) is 11.3 Å². The summed E-state index contributed by atoms with van der Waals surface area (Å²) in [6.45, 7) is 3.19. The number of aryl methyl sites for hydroxylation is 1. The third kappa shape index (κ3) is 4.80. The van der Waals surface area contributed by atoms with E-state index in [2.05, 4.69) is 29.2 Å². The highest BCUT2D eigenvalue weighted by atomic mass is 35.5. The Morgan fingerprint density at radius 1 is 1.10 bits per heavy atom. The maximum absolute atomic E-state index is 10.8. The van der Waals surface area contributed by atoms with Crippen molar-refractivity contribution in [3.63, 3.8) is 0 Å². The number of aliphatic carboxylic acids is 1. The topological polar surface area (TPSA) is 40.5 Å². The summed E-state index contributed by atoms with van der Waals surface area (Å²) in [6, 6.07) is 15.7. The van der Waals surface area contributed by atoms with E-state index in [0.29, 0.717) is 18.1 Å². The number of halogens is 1. The molecule has 0 aliphatic heterocycles. The summed E-state index contributed by atoms with van der Waals surface area (Å²) in [5.41, 5.74) is 3.34. The zero-order valence-corrected chi connectivity index (χ0v) is 12.7. The molecule has 0 aliphatic carbocycles. The molecular weight excluding hydrogens is 286 g/mol. The second-order valence-electron chi connectivity index (χ2n) is 5.03. The molecule has 0 fully saturated rings. The van der Waals surface area contributed by atoms with Gasteiger partial charge in [-0.15, -0.1) is 0 Å². The van der Waals surface area contributed by atoms with Gasteiger partial charge < -0.3 is 10.0 Å². The first-order chi connectivity index (χ1) is 10.0. The zero-order valence-electron chi connectivity index (χ0n) is 11.9. The Hall–Kier alpha value is -2.00. The number of carboxylic acid groups (broad SMARTS) is 1. The Kier molecular flexibility index (Phi) is 5.23. The molecule has 0 aromatic heterocycles. The molecule has 0 radical (unpaired) electrons. The Morgan fingerprint density at radius 3 is 2.29 bits per heavy atom. The lowest BCUT2D eigenvalue weighted by Gasteiger charge is -2.24.